The molecule has 138 valence electrons. The zero-order chi connectivity index (χ0) is 19.2. The molecule has 3 rings (SSSR count). The zero-order valence-electron chi connectivity index (χ0n) is 14.7. The highest BCUT2D eigenvalue weighted by molar-refractivity contribution is 5.88. The molecule has 0 saturated carbocycles. The van der Waals surface area contributed by atoms with E-state index in [9.17, 15) is 9.18 Å². The molecule has 0 bridgehead atoms. The summed E-state index contributed by atoms with van der Waals surface area (Å²) < 4.78 is 13.7. The minimum Gasteiger partial charge on any atom is -0.478 e. The van der Waals surface area contributed by atoms with Crippen molar-refractivity contribution in [3.63, 3.8) is 0 Å². The van der Waals surface area contributed by atoms with Gasteiger partial charge in [-0.2, -0.15) is 0 Å². The largest absolute Gasteiger partial charge is 0.478 e. The molecule has 7 heteroatoms. The van der Waals surface area contributed by atoms with Crippen molar-refractivity contribution in [1.82, 2.24) is 9.97 Å². The molecule has 3 aromatic rings. The molecule has 2 aromatic carbocycles. The number of nitrogens with one attached hydrogen (secondary N) is 2. The summed E-state index contributed by atoms with van der Waals surface area (Å²) in [5.41, 5.74) is 1.58. The molecule has 0 saturated heterocycles. The third-order valence-corrected chi connectivity index (χ3v) is 3.90. The van der Waals surface area contributed by atoms with Gasteiger partial charge in [0.05, 0.1) is 5.56 Å². The van der Waals surface area contributed by atoms with Gasteiger partial charge in [0, 0.05) is 18.3 Å². The molecule has 1 heterocycles. The highest BCUT2D eigenvalue weighted by Crippen LogP contribution is 2.18. The van der Waals surface area contributed by atoms with Crippen LogP contribution in [0.4, 0.5) is 21.7 Å². The van der Waals surface area contributed by atoms with Crippen LogP contribution in [-0.2, 0) is 6.42 Å². The van der Waals surface area contributed by atoms with E-state index in [0.717, 1.165) is 5.69 Å². The van der Waals surface area contributed by atoms with E-state index in [1.165, 1.54) is 18.2 Å². The Hall–Kier alpha value is -3.48. The summed E-state index contributed by atoms with van der Waals surface area (Å²) in [6.07, 6.45) is 0.537. The fraction of sp³-hybridized carbons (Fsp3) is 0.150. The van der Waals surface area contributed by atoms with Gasteiger partial charge in [0.1, 0.15) is 23.3 Å². The van der Waals surface area contributed by atoms with Crippen molar-refractivity contribution in [2.45, 2.75) is 13.3 Å². The van der Waals surface area contributed by atoms with E-state index in [2.05, 4.69) is 20.6 Å². The van der Waals surface area contributed by atoms with E-state index in [1.807, 2.05) is 6.07 Å². The van der Waals surface area contributed by atoms with Crippen molar-refractivity contribution >= 4 is 23.3 Å². The summed E-state index contributed by atoms with van der Waals surface area (Å²) in [5.74, 6) is 0.601. The van der Waals surface area contributed by atoms with Crippen LogP contribution >= 0.6 is 0 Å². The van der Waals surface area contributed by atoms with E-state index in [-0.39, 0.29) is 11.4 Å². The summed E-state index contributed by atoms with van der Waals surface area (Å²) >= 11 is 0. The number of benzene rings is 2. The third kappa shape index (κ3) is 5.01. The maximum Gasteiger partial charge on any atom is 0.335 e. The van der Waals surface area contributed by atoms with Gasteiger partial charge < -0.3 is 15.7 Å². The molecular formula is C20H19FN4O2. The van der Waals surface area contributed by atoms with E-state index in [0.29, 0.717) is 36.0 Å². The molecule has 3 N–H and O–H groups in total. The third-order valence-electron chi connectivity index (χ3n) is 3.90. The first-order valence-corrected chi connectivity index (χ1v) is 8.44. The Morgan fingerprint density at radius 1 is 1.07 bits per heavy atom. The molecule has 0 aliphatic carbocycles. The van der Waals surface area contributed by atoms with Gasteiger partial charge in [0.2, 0.25) is 0 Å². The van der Waals surface area contributed by atoms with Crippen molar-refractivity contribution in [2.75, 3.05) is 17.2 Å². The number of carbonyl (C=O) groups is 1. The minimum atomic E-state index is -0.972. The Morgan fingerprint density at radius 2 is 1.78 bits per heavy atom. The molecule has 0 amide bonds. The quantitative estimate of drug-likeness (QED) is 0.585. The number of hydrogen-bond donors (Lipinski definition) is 3. The number of nitrogens with zero attached hydrogens (tertiary/aromatic N) is 2. The first-order valence-electron chi connectivity index (χ1n) is 8.44. The van der Waals surface area contributed by atoms with Crippen LogP contribution in [0.2, 0.25) is 0 Å². The monoisotopic (exact) mass is 366 g/mol. The maximum atomic E-state index is 13.7. The Bertz CT molecular complexity index is 945. The van der Waals surface area contributed by atoms with E-state index < -0.39 is 5.97 Å². The maximum absolute atomic E-state index is 13.7. The second-order valence-electron chi connectivity index (χ2n) is 5.96. The number of anilines is 3. The predicted molar refractivity (Wildman–Crippen MR) is 102 cm³/mol. The lowest BCUT2D eigenvalue weighted by atomic mass is 10.1. The van der Waals surface area contributed by atoms with Gasteiger partial charge in [-0.05, 0) is 49.2 Å². The van der Waals surface area contributed by atoms with Crippen LogP contribution in [0.1, 0.15) is 21.7 Å². The number of carboxylic acid groups (broad SMARTS) is 1. The molecule has 0 aliphatic heterocycles. The molecule has 6 nitrogen and oxygen atoms in total. The van der Waals surface area contributed by atoms with Crippen LogP contribution in [0, 0.1) is 12.7 Å². The highest BCUT2D eigenvalue weighted by Gasteiger charge is 2.06. The van der Waals surface area contributed by atoms with Crippen molar-refractivity contribution in [1.29, 1.82) is 0 Å². The molecule has 1 aromatic heterocycles. The Morgan fingerprint density at radius 3 is 2.48 bits per heavy atom. The number of carboxylic acids is 1. The molecule has 0 unspecified atom stereocenters. The van der Waals surface area contributed by atoms with Crippen molar-refractivity contribution in [3.8, 4) is 0 Å². The first kappa shape index (κ1) is 18.3. The van der Waals surface area contributed by atoms with Crippen LogP contribution in [0.5, 0.6) is 0 Å². The first-order chi connectivity index (χ1) is 13.0. The Balaban J connectivity index is 1.65. The number of aromatic carboxylic acids is 1. The van der Waals surface area contributed by atoms with Gasteiger partial charge in [-0.3, -0.25) is 0 Å². The molecular weight excluding hydrogens is 347 g/mol. The molecule has 0 fully saturated rings. The summed E-state index contributed by atoms with van der Waals surface area (Å²) in [5, 5.41) is 15.2. The van der Waals surface area contributed by atoms with E-state index in [1.54, 1.807) is 37.3 Å². The minimum absolute atomic E-state index is 0.217. The van der Waals surface area contributed by atoms with E-state index in [4.69, 9.17) is 5.11 Å². The lowest BCUT2D eigenvalue weighted by Gasteiger charge is -2.11. The number of aryl methyl sites for hydroxylation is 1. The van der Waals surface area contributed by atoms with Crippen LogP contribution in [0.25, 0.3) is 0 Å². The molecule has 0 aliphatic rings. The number of hydrogen-bond acceptors (Lipinski definition) is 5. The van der Waals surface area contributed by atoms with Crippen LogP contribution < -0.4 is 10.6 Å². The number of aromatic nitrogens is 2. The lowest BCUT2D eigenvalue weighted by Crippen LogP contribution is -2.09. The van der Waals surface area contributed by atoms with Gasteiger partial charge in [-0.1, -0.05) is 18.2 Å². The SMILES string of the molecule is Cc1nc(NCCc2ccccc2F)cc(Nc2ccc(C(=O)O)cc2)n1. The summed E-state index contributed by atoms with van der Waals surface area (Å²) in [7, 11) is 0. The molecule has 0 spiro atoms. The van der Waals surface area contributed by atoms with Crippen molar-refractivity contribution in [2.24, 2.45) is 0 Å². The van der Waals surface area contributed by atoms with Gasteiger partial charge >= 0.3 is 5.97 Å². The second kappa shape index (κ2) is 8.27. The molecule has 0 radical (unpaired) electrons. The van der Waals surface area contributed by atoms with Gasteiger partial charge in [-0.15, -0.1) is 0 Å². The highest BCUT2D eigenvalue weighted by atomic mass is 19.1. The van der Waals surface area contributed by atoms with Crippen molar-refractivity contribution < 1.29 is 14.3 Å². The number of halogens is 1. The van der Waals surface area contributed by atoms with Crippen LogP contribution in [0.3, 0.4) is 0 Å². The van der Waals surface area contributed by atoms with Gasteiger partial charge in [-0.25, -0.2) is 19.2 Å². The topological polar surface area (TPSA) is 87.1 Å². The van der Waals surface area contributed by atoms with Crippen molar-refractivity contribution in [3.05, 3.63) is 77.4 Å². The van der Waals surface area contributed by atoms with Gasteiger partial charge in [0.25, 0.3) is 0 Å². The second-order valence-corrected chi connectivity index (χ2v) is 5.96. The Kier molecular flexibility index (Phi) is 5.61. The number of rotatable bonds is 7. The van der Waals surface area contributed by atoms with Crippen LogP contribution in [-0.4, -0.2) is 27.6 Å². The van der Waals surface area contributed by atoms with Gasteiger partial charge in [0.15, 0.2) is 0 Å². The molecule has 27 heavy (non-hydrogen) atoms. The average molecular weight is 366 g/mol. The standard InChI is InChI=1S/C20H19FN4O2/c1-13-23-18(22-11-10-14-4-2-3-5-17(14)21)12-19(24-13)25-16-8-6-15(7-9-16)20(26)27/h2-9,12H,10-11H2,1H3,(H,26,27)(H2,22,23,24,25). The predicted octanol–water partition coefficient (Wildman–Crippen LogP) is 4.02. The smallest absolute Gasteiger partial charge is 0.335 e. The van der Waals surface area contributed by atoms with Crippen LogP contribution in [0.15, 0.2) is 54.6 Å². The zero-order valence-corrected chi connectivity index (χ0v) is 14.7. The fourth-order valence-corrected chi connectivity index (χ4v) is 2.59. The summed E-state index contributed by atoms with van der Waals surface area (Å²) in [6, 6.07) is 14.8. The average Bonchev–Trinajstić information content (AvgIpc) is 2.63. The molecule has 0 atom stereocenters. The summed E-state index contributed by atoms with van der Waals surface area (Å²) in [6.45, 7) is 2.31. The van der Waals surface area contributed by atoms with E-state index >= 15 is 0 Å². The summed E-state index contributed by atoms with van der Waals surface area (Å²) in [4.78, 5) is 19.6. The normalized spacial score (nSPS) is 10.4. The lowest BCUT2D eigenvalue weighted by molar-refractivity contribution is 0.0697. The Labute approximate surface area is 156 Å². The fourth-order valence-electron chi connectivity index (χ4n) is 2.59.